The molecule has 0 spiro atoms. The fourth-order valence-electron chi connectivity index (χ4n) is 2.56. The van der Waals surface area contributed by atoms with Crippen LogP contribution in [0.25, 0.3) is 0 Å². The molecule has 0 aliphatic carbocycles. The maximum absolute atomic E-state index is 12.7. The molecule has 1 aliphatic rings. The molecule has 17 heavy (non-hydrogen) atoms. The van der Waals surface area contributed by atoms with Crippen molar-refractivity contribution in [2.45, 2.75) is 65.5 Å². The average molecular weight is 241 g/mol. The Hall–Kier alpha value is -0.410. The minimum absolute atomic E-state index is 0.0817. The molecule has 3 heteroatoms. The summed E-state index contributed by atoms with van der Waals surface area (Å²) in [5, 5.41) is 3.50. The van der Waals surface area contributed by atoms with E-state index in [4.69, 9.17) is 4.74 Å². The highest BCUT2D eigenvalue weighted by Crippen LogP contribution is 2.31. The summed E-state index contributed by atoms with van der Waals surface area (Å²) in [7, 11) is 0. The highest BCUT2D eigenvalue weighted by molar-refractivity contribution is 5.93. The molecule has 0 saturated carbocycles. The van der Waals surface area contributed by atoms with Crippen molar-refractivity contribution in [2.75, 3.05) is 13.2 Å². The lowest BCUT2D eigenvalue weighted by Crippen LogP contribution is -2.65. The number of hydrogen-bond acceptors (Lipinski definition) is 3. The van der Waals surface area contributed by atoms with E-state index in [1.54, 1.807) is 0 Å². The van der Waals surface area contributed by atoms with Crippen molar-refractivity contribution >= 4 is 5.78 Å². The van der Waals surface area contributed by atoms with Gasteiger partial charge in [-0.15, -0.1) is 0 Å². The van der Waals surface area contributed by atoms with Gasteiger partial charge in [-0.3, -0.25) is 10.1 Å². The van der Waals surface area contributed by atoms with Gasteiger partial charge in [0.05, 0.1) is 6.61 Å². The fourth-order valence-corrected chi connectivity index (χ4v) is 2.56. The van der Waals surface area contributed by atoms with E-state index in [2.05, 4.69) is 26.1 Å². The van der Waals surface area contributed by atoms with Crippen molar-refractivity contribution in [1.29, 1.82) is 0 Å². The lowest BCUT2D eigenvalue weighted by Gasteiger charge is -2.44. The molecule has 1 saturated heterocycles. The highest BCUT2D eigenvalue weighted by atomic mass is 16.5. The number of ether oxygens (including phenoxy) is 1. The monoisotopic (exact) mass is 241 g/mol. The maximum Gasteiger partial charge on any atom is 0.160 e. The van der Waals surface area contributed by atoms with Gasteiger partial charge in [0.15, 0.2) is 5.78 Å². The first-order chi connectivity index (χ1) is 7.57. The second kappa shape index (κ2) is 4.69. The van der Waals surface area contributed by atoms with Crippen LogP contribution in [0.15, 0.2) is 0 Å². The van der Waals surface area contributed by atoms with Gasteiger partial charge in [0.25, 0.3) is 0 Å². The predicted molar refractivity (Wildman–Crippen MR) is 70.1 cm³/mol. The first-order valence-electron chi connectivity index (χ1n) is 6.49. The second-order valence-electron chi connectivity index (χ2n) is 7.19. The molecule has 0 aromatic carbocycles. The summed E-state index contributed by atoms with van der Waals surface area (Å²) < 4.78 is 5.56. The molecule has 1 heterocycles. The number of ketones is 1. The van der Waals surface area contributed by atoms with Crippen LogP contribution in [0.1, 0.15) is 54.4 Å². The third-order valence-electron chi connectivity index (χ3n) is 2.97. The minimum atomic E-state index is -0.505. The Morgan fingerprint density at radius 2 is 1.76 bits per heavy atom. The maximum atomic E-state index is 12.7. The first kappa shape index (κ1) is 14.7. The molecule has 1 rings (SSSR count). The Bertz CT molecular complexity index is 278. The summed E-state index contributed by atoms with van der Waals surface area (Å²) in [5.41, 5.74) is -0.921. The van der Waals surface area contributed by atoms with Crippen LogP contribution in [-0.4, -0.2) is 30.1 Å². The molecule has 0 radical (unpaired) electrons. The van der Waals surface area contributed by atoms with Gasteiger partial charge < -0.3 is 4.74 Å². The van der Waals surface area contributed by atoms with Crippen LogP contribution in [0.3, 0.4) is 0 Å². The largest absolute Gasteiger partial charge is 0.379 e. The molecule has 1 unspecified atom stereocenters. The third kappa shape index (κ3) is 3.78. The van der Waals surface area contributed by atoms with E-state index in [1.807, 2.05) is 20.8 Å². The Kier molecular flexibility index (Phi) is 4.04. The Labute approximate surface area is 105 Å². The smallest absolute Gasteiger partial charge is 0.160 e. The lowest BCUT2D eigenvalue weighted by atomic mass is 9.74. The van der Waals surface area contributed by atoms with Crippen molar-refractivity contribution in [2.24, 2.45) is 5.41 Å². The topological polar surface area (TPSA) is 38.3 Å². The highest BCUT2D eigenvalue weighted by Gasteiger charge is 2.46. The van der Waals surface area contributed by atoms with Gasteiger partial charge in [-0.2, -0.15) is 0 Å². The van der Waals surface area contributed by atoms with Gasteiger partial charge in [-0.25, -0.2) is 0 Å². The predicted octanol–water partition coefficient (Wildman–Crippen LogP) is 2.54. The van der Waals surface area contributed by atoms with Gasteiger partial charge in [-0.1, -0.05) is 20.8 Å². The van der Waals surface area contributed by atoms with E-state index >= 15 is 0 Å². The zero-order chi connectivity index (χ0) is 13.3. The van der Waals surface area contributed by atoms with Gasteiger partial charge in [0, 0.05) is 17.6 Å². The first-order valence-corrected chi connectivity index (χ1v) is 6.49. The lowest BCUT2D eigenvalue weighted by molar-refractivity contribution is -0.140. The molecule has 1 N–H and O–H groups in total. The standard InChI is InChI=1S/C14H27NO2/c1-12(2,3)11(16)14(15-13(4,5)6)8-7-9-17-10-14/h15H,7-10H2,1-6H3. The molecule has 100 valence electrons. The summed E-state index contributed by atoms with van der Waals surface area (Å²) in [5.74, 6) is 0.264. The molecule has 3 nitrogen and oxygen atoms in total. The summed E-state index contributed by atoms with van der Waals surface area (Å²) in [4.78, 5) is 12.7. The number of Topliss-reactive ketones (excluding diaryl/α,β-unsaturated/α-hetero) is 1. The minimum Gasteiger partial charge on any atom is -0.379 e. The van der Waals surface area contributed by atoms with E-state index in [9.17, 15) is 4.79 Å². The van der Waals surface area contributed by atoms with Crippen LogP contribution < -0.4 is 5.32 Å². The average Bonchev–Trinajstić information content (AvgIpc) is 2.14. The molecule has 0 aromatic rings. The van der Waals surface area contributed by atoms with Crippen LogP contribution in [0.5, 0.6) is 0 Å². The number of hydrogen-bond donors (Lipinski definition) is 1. The summed E-state index contributed by atoms with van der Waals surface area (Å²) in [6, 6.07) is 0. The van der Waals surface area contributed by atoms with Gasteiger partial charge in [0.2, 0.25) is 0 Å². The van der Waals surface area contributed by atoms with Crippen molar-refractivity contribution in [3.63, 3.8) is 0 Å². The van der Waals surface area contributed by atoms with Crippen LogP contribution in [-0.2, 0) is 9.53 Å². The van der Waals surface area contributed by atoms with E-state index < -0.39 is 5.54 Å². The number of carbonyl (C=O) groups is 1. The van der Waals surface area contributed by atoms with Crippen LogP contribution >= 0.6 is 0 Å². The number of rotatable bonds is 2. The zero-order valence-corrected chi connectivity index (χ0v) is 12.1. The molecule has 1 atom stereocenters. The SMILES string of the molecule is CC(C)(C)NC1(C(=O)C(C)(C)C)CCCOC1. The Balaban J connectivity index is 2.97. The number of carbonyl (C=O) groups excluding carboxylic acids is 1. The Morgan fingerprint density at radius 1 is 1.18 bits per heavy atom. The summed E-state index contributed by atoms with van der Waals surface area (Å²) in [6.45, 7) is 13.5. The van der Waals surface area contributed by atoms with Crippen molar-refractivity contribution in [3.8, 4) is 0 Å². The summed E-state index contributed by atoms with van der Waals surface area (Å²) >= 11 is 0. The van der Waals surface area contributed by atoms with E-state index in [-0.39, 0.29) is 16.7 Å². The molecule has 0 amide bonds. The van der Waals surface area contributed by atoms with Crippen molar-refractivity contribution in [1.82, 2.24) is 5.32 Å². The molecule has 0 bridgehead atoms. The molecule has 0 aromatic heterocycles. The Morgan fingerprint density at radius 3 is 2.12 bits per heavy atom. The van der Waals surface area contributed by atoms with E-state index in [0.29, 0.717) is 6.61 Å². The van der Waals surface area contributed by atoms with Gasteiger partial charge in [-0.05, 0) is 33.6 Å². The van der Waals surface area contributed by atoms with Gasteiger partial charge in [0.1, 0.15) is 5.54 Å². The number of nitrogens with one attached hydrogen (secondary N) is 1. The zero-order valence-electron chi connectivity index (χ0n) is 12.1. The van der Waals surface area contributed by atoms with Crippen LogP contribution in [0.4, 0.5) is 0 Å². The molecule has 1 aliphatic heterocycles. The van der Waals surface area contributed by atoms with Gasteiger partial charge >= 0.3 is 0 Å². The fraction of sp³-hybridized carbons (Fsp3) is 0.929. The van der Waals surface area contributed by atoms with E-state index in [1.165, 1.54) is 0 Å². The molecular weight excluding hydrogens is 214 g/mol. The van der Waals surface area contributed by atoms with Crippen LogP contribution in [0.2, 0.25) is 0 Å². The third-order valence-corrected chi connectivity index (χ3v) is 2.97. The van der Waals surface area contributed by atoms with E-state index in [0.717, 1.165) is 19.4 Å². The van der Waals surface area contributed by atoms with Crippen molar-refractivity contribution < 1.29 is 9.53 Å². The second-order valence-corrected chi connectivity index (χ2v) is 7.19. The quantitative estimate of drug-likeness (QED) is 0.807. The summed E-state index contributed by atoms with van der Waals surface area (Å²) in [6.07, 6.45) is 1.82. The van der Waals surface area contributed by atoms with Crippen LogP contribution in [0, 0.1) is 5.41 Å². The molecular formula is C14H27NO2. The normalized spacial score (nSPS) is 26.9. The molecule has 1 fully saturated rings. The van der Waals surface area contributed by atoms with Crippen molar-refractivity contribution in [3.05, 3.63) is 0 Å².